The Labute approximate surface area is 96.6 Å². The Bertz CT molecular complexity index is 374. The summed E-state index contributed by atoms with van der Waals surface area (Å²) in [6.45, 7) is 4.40. The predicted octanol–water partition coefficient (Wildman–Crippen LogP) is 3.10. The first-order valence-electron chi connectivity index (χ1n) is 4.53. The molecule has 1 unspecified atom stereocenters. The van der Waals surface area contributed by atoms with E-state index < -0.39 is 0 Å². The van der Waals surface area contributed by atoms with Crippen molar-refractivity contribution in [3.63, 3.8) is 0 Å². The molecule has 0 aliphatic heterocycles. The molecule has 0 radical (unpaired) electrons. The Balaban J connectivity index is 2.35. The van der Waals surface area contributed by atoms with Crippen LogP contribution in [0.3, 0.4) is 0 Å². The van der Waals surface area contributed by atoms with E-state index in [4.69, 9.17) is 10.5 Å². The van der Waals surface area contributed by atoms with Gasteiger partial charge in [0.25, 0.3) is 0 Å². The molecule has 2 N–H and O–H groups in total. The van der Waals surface area contributed by atoms with Crippen LogP contribution < -0.4 is 10.5 Å². The van der Waals surface area contributed by atoms with Crippen molar-refractivity contribution < 1.29 is 4.74 Å². The van der Waals surface area contributed by atoms with Crippen LogP contribution in [-0.2, 0) is 5.54 Å². The van der Waals surface area contributed by atoms with Crippen LogP contribution in [0.15, 0.2) is 10.5 Å². The summed E-state index contributed by atoms with van der Waals surface area (Å²) in [6.07, 6.45) is 1.05. The first kappa shape index (κ1) is 10.5. The van der Waals surface area contributed by atoms with Crippen molar-refractivity contribution >= 4 is 27.3 Å². The lowest BCUT2D eigenvalue weighted by molar-refractivity contribution is 0.425. The molecule has 0 amide bonds. The van der Waals surface area contributed by atoms with Crippen LogP contribution in [0.4, 0.5) is 0 Å². The number of hydrogen-bond acceptors (Lipinski definition) is 3. The SMILES string of the molecule is COc1sc(C2(N)CC2(C)C)cc1Br. The Morgan fingerprint density at radius 1 is 1.57 bits per heavy atom. The average molecular weight is 276 g/mol. The highest BCUT2D eigenvalue weighted by Crippen LogP contribution is 2.62. The van der Waals surface area contributed by atoms with E-state index in [1.54, 1.807) is 18.4 Å². The van der Waals surface area contributed by atoms with Gasteiger partial charge in [-0.3, -0.25) is 0 Å². The average Bonchev–Trinajstić information content (AvgIpc) is 2.45. The lowest BCUT2D eigenvalue weighted by atomic mass is 10.0. The van der Waals surface area contributed by atoms with Gasteiger partial charge in [0.05, 0.1) is 17.1 Å². The number of rotatable bonds is 2. The first-order valence-corrected chi connectivity index (χ1v) is 6.14. The number of ether oxygens (including phenoxy) is 1. The zero-order valence-corrected chi connectivity index (χ0v) is 11.0. The van der Waals surface area contributed by atoms with Crippen LogP contribution in [-0.4, -0.2) is 7.11 Å². The Kier molecular flexibility index (Phi) is 2.22. The summed E-state index contributed by atoms with van der Waals surface area (Å²) in [5.41, 5.74) is 6.40. The molecule has 14 heavy (non-hydrogen) atoms. The zero-order chi connectivity index (χ0) is 10.6. The molecule has 0 bridgehead atoms. The maximum Gasteiger partial charge on any atom is 0.188 e. The summed E-state index contributed by atoms with van der Waals surface area (Å²) >= 11 is 5.10. The second kappa shape index (κ2) is 2.97. The monoisotopic (exact) mass is 275 g/mol. The molecule has 1 fully saturated rings. The molecule has 1 aromatic rings. The van der Waals surface area contributed by atoms with Gasteiger partial charge in [0.1, 0.15) is 0 Å². The molecule has 2 rings (SSSR count). The fourth-order valence-electron chi connectivity index (χ4n) is 1.78. The van der Waals surface area contributed by atoms with Gasteiger partial charge in [0.2, 0.25) is 0 Å². The summed E-state index contributed by atoms with van der Waals surface area (Å²) in [4.78, 5) is 1.21. The van der Waals surface area contributed by atoms with Crippen molar-refractivity contribution in [2.75, 3.05) is 7.11 Å². The van der Waals surface area contributed by atoms with Crippen molar-refractivity contribution in [2.45, 2.75) is 25.8 Å². The molecule has 1 saturated carbocycles. The van der Waals surface area contributed by atoms with Crippen molar-refractivity contribution in [1.29, 1.82) is 0 Å². The quantitative estimate of drug-likeness (QED) is 0.900. The molecule has 0 aromatic carbocycles. The fraction of sp³-hybridized carbons (Fsp3) is 0.600. The van der Waals surface area contributed by atoms with Crippen molar-refractivity contribution in [3.8, 4) is 5.06 Å². The van der Waals surface area contributed by atoms with Crippen LogP contribution in [0.2, 0.25) is 0 Å². The summed E-state index contributed by atoms with van der Waals surface area (Å²) in [7, 11) is 1.68. The number of methoxy groups -OCH3 is 1. The van der Waals surface area contributed by atoms with Crippen LogP contribution in [0, 0.1) is 5.41 Å². The maximum absolute atomic E-state index is 6.32. The van der Waals surface area contributed by atoms with Gasteiger partial charge in [-0.15, -0.1) is 11.3 Å². The molecule has 4 heteroatoms. The summed E-state index contributed by atoms with van der Waals surface area (Å²) in [5, 5.41) is 0.910. The van der Waals surface area contributed by atoms with Gasteiger partial charge in [-0.2, -0.15) is 0 Å². The van der Waals surface area contributed by atoms with Crippen LogP contribution in [0.25, 0.3) is 0 Å². The number of halogens is 1. The van der Waals surface area contributed by atoms with E-state index in [1.807, 2.05) is 0 Å². The molecular weight excluding hydrogens is 262 g/mol. The summed E-state index contributed by atoms with van der Waals surface area (Å²) in [6, 6.07) is 2.08. The van der Waals surface area contributed by atoms with Crippen molar-refractivity contribution in [2.24, 2.45) is 11.1 Å². The van der Waals surface area contributed by atoms with Crippen LogP contribution in [0.5, 0.6) is 5.06 Å². The Hall–Kier alpha value is -0.0600. The third-order valence-electron chi connectivity index (χ3n) is 3.08. The molecule has 78 valence electrons. The Morgan fingerprint density at radius 2 is 2.14 bits per heavy atom. The number of nitrogens with two attached hydrogens (primary N) is 1. The topological polar surface area (TPSA) is 35.2 Å². The van der Waals surface area contributed by atoms with Crippen LogP contribution in [0.1, 0.15) is 25.1 Å². The van der Waals surface area contributed by atoms with E-state index in [2.05, 4.69) is 35.8 Å². The molecule has 2 nitrogen and oxygen atoms in total. The zero-order valence-electron chi connectivity index (χ0n) is 8.56. The molecule has 1 aromatic heterocycles. The van der Waals surface area contributed by atoms with Gasteiger partial charge in [0, 0.05) is 4.88 Å². The lowest BCUT2D eigenvalue weighted by Crippen LogP contribution is -2.23. The fourth-order valence-corrected chi connectivity index (χ4v) is 3.72. The maximum atomic E-state index is 6.32. The third-order valence-corrected chi connectivity index (χ3v) is 5.21. The molecule has 1 aliphatic carbocycles. The highest BCUT2D eigenvalue weighted by atomic mass is 79.9. The minimum Gasteiger partial charge on any atom is -0.486 e. The number of hydrogen-bond donors (Lipinski definition) is 1. The minimum atomic E-state index is -0.142. The van der Waals surface area contributed by atoms with Gasteiger partial charge in [-0.05, 0) is 33.8 Å². The molecule has 0 spiro atoms. The van der Waals surface area contributed by atoms with E-state index in [0.717, 1.165) is 16.0 Å². The molecule has 0 saturated heterocycles. The van der Waals surface area contributed by atoms with E-state index in [0.29, 0.717) is 0 Å². The third kappa shape index (κ3) is 1.32. The second-order valence-corrected chi connectivity index (χ2v) is 6.35. The smallest absolute Gasteiger partial charge is 0.188 e. The first-order chi connectivity index (χ1) is 6.40. The van der Waals surface area contributed by atoms with E-state index in [9.17, 15) is 0 Å². The van der Waals surface area contributed by atoms with Crippen LogP contribution >= 0.6 is 27.3 Å². The van der Waals surface area contributed by atoms with Gasteiger partial charge >= 0.3 is 0 Å². The van der Waals surface area contributed by atoms with E-state index >= 15 is 0 Å². The standard InChI is InChI=1S/C10H14BrNOS/c1-9(2)5-10(9,12)7-4-6(11)8(13-3)14-7/h4H,5,12H2,1-3H3. The predicted molar refractivity (Wildman–Crippen MR) is 62.8 cm³/mol. The van der Waals surface area contributed by atoms with Crippen molar-refractivity contribution in [1.82, 2.24) is 0 Å². The molecule has 1 heterocycles. The molecule has 1 atom stereocenters. The minimum absolute atomic E-state index is 0.142. The number of thiophene rings is 1. The van der Waals surface area contributed by atoms with Gasteiger partial charge in [-0.25, -0.2) is 0 Å². The molecular formula is C10H14BrNOS. The molecule has 1 aliphatic rings. The van der Waals surface area contributed by atoms with Crippen molar-refractivity contribution in [3.05, 3.63) is 15.4 Å². The van der Waals surface area contributed by atoms with E-state index in [1.165, 1.54) is 4.88 Å². The highest BCUT2D eigenvalue weighted by molar-refractivity contribution is 9.10. The van der Waals surface area contributed by atoms with Gasteiger partial charge < -0.3 is 10.5 Å². The largest absolute Gasteiger partial charge is 0.486 e. The van der Waals surface area contributed by atoms with Gasteiger partial charge in [0.15, 0.2) is 5.06 Å². The van der Waals surface area contributed by atoms with Gasteiger partial charge in [-0.1, -0.05) is 13.8 Å². The van der Waals surface area contributed by atoms with E-state index in [-0.39, 0.29) is 11.0 Å². The Morgan fingerprint density at radius 3 is 2.50 bits per heavy atom. The highest BCUT2D eigenvalue weighted by Gasteiger charge is 2.60. The summed E-state index contributed by atoms with van der Waals surface area (Å²) < 4.78 is 6.24. The lowest BCUT2D eigenvalue weighted by Gasteiger charge is -2.11. The normalized spacial score (nSPS) is 28.9. The summed E-state index contributed by atoms with van der Waals surface area (Å²) in [5.74, 6) is 0. The second-order valence-electron chi connectivity index (χ2n) is 4.48.